The number of nitrogens with one attached hydrogen (secondary N) is 1. The van der Waals surface area contributed by atoms with Crippen LogP contribution in [0.25, 0.3) is 11.0 Å². The normalized spacial score (nSPS) is 20.7. The van der Waals surface area contributed by atoms with Crippen LogP contribution in [-0.4, -0.2) is 23.8 Å². The number of aromatic nitrogens is 1. The summed E-state index contributed by atoms with van der Waals surface area (Å²) in [6, 6.07) is 13.1. The zero-order valence-electron chi connectivity index (χ0n) is 15.2. The maximum atomic E-state index is 13.3. The molecule has 3 aromatic rings. The third-order valence-electron chi connectivity index (χ3n) is 6.11. The summed E-state index contributed by atoms with van der Waals surface area (Å²) < 4.78 is 25.1. The first-order chi connectivity index (χ1) is 13.3. The molecule has 5 heteroatoms. The number of para-hydroxylation sites is 1. The lowest BCUT2D eigenvalue weighted by Gasteiger charge is -2.38. The summed E-state index contributed by atoms with van der Waals surface area (Å²) in [6.07, 6.45) is 4.95. The number of nitrogens with zero attached hydrogens (tertiary/aromatic N) is 1. The molecular formula is C22H23FN2O2. The Morgan fingerprint density at radius 2 is 2.00 bits per heavy atom. The van der Waals surface area contributed by atoms with Gasteiger partial charge in [0, 0.05) is 35.8 Å². The highest BCUT2D eigenvalue weighted by molar-refractivity contribution is 5.79. The molecule has 1 aromatic heterocycles. The van der Waals surface area contributed by atoms with Gasteiger partial charge in [-0.2, -0.15) is 0 Å². The van der Waals surface area contributed by atoms with Gasteiger partial charge in [0.1, 0.15) is 17.2 Å². The molecule has 0 saturated carbocycles. The van der Waals surface area contributed by atoms with Gasteiger partial charge >= 0.3 is 0 Å². The van der Waals surface area contributed by atoms with Gasteiger partial charge in [0.05, 0.1) is 5.69 Å². The fourth-order valence-electron chi connectivity index (χ4n) is 4.77. The van der Waals surface area contributed by atoms with Crippen molar-refractivity contribution >= 4 is 11.0 Å². The second kappa shape index (κ2) is 6.64. The SMILES string of the molecule is Fc1ccc2c(CCCC3c4ccccc4OC34CCNCC4)noc2c1. The van der Waals surface area contributed by atoms with E-state index in [9.17, 15) is 4.39 Å². The smallest absolute Gasteiger partial charge is 0.170 e. The molecule has 1 spiro atoms. The maximum absolute atomic E-state index is 13.3. The zero-order chi connectivity index (χ0) is 18.3. The Labute approximate surface area is 157 Å². The summed E-state index contributed by atoms with van der Waals surface area (Å²) in [4.78, 5) is 0. The molecule has 1 fully saturated rings. The Morgan fingerprint density at radius 1 is 1.15 bits per heavy atom. The number of rotatable bonds is 4. The van der Waals surface area contributed by atoms with E-state index in [0.717, 1.165) is 62.0 Å². The van der Waals surface area contributed by atoms with Crippen molar-refractivity contribution in [3.8, 4) is 5.75 Å². The summed E-state index contributed by atoms with van der Waals surface area (Å²) >= 11 is 0. The van der Waals surface area contributed by atoms with E-state index < -0.39 is 0 Å². The lowest BCUT2D eigenvalue weighted by Crippen LogP contribution is -2.47. The van der Waals surface area contributed by atoms with Crippen molar-refractivity contribution in [2.75, 3.05) is 13.1 Å². The van der Waals surface area contributed by atoms with Gasteiger partial charge in [0.15, 0.2) is 5.58 Å². The lowest BCUT2D eigenvalue weighted by molar-refractivity contribution is 0.0323. The van der Waals surface area contributed by atoms with Crippen LogP contribution in [0.3, 0.4) is 0 Å². The lowest BCUT2D eigenvalue weighted by atomic mass is 9.75. The molecule has 0 amide bonds. The van der Waals surface area contributed by atoms with Crippen molar-refractivity contribution < 1.29 is 13.7 Å². The molecule has 2 aromatic carbocycles. The van der Waals surface area contributed by atoms with Gasteiger partial charge in [-0.3, -0.25) is 0 Å². The van der Waals surface area contributed by atoms with Gasteiger partial charge < -0.3 is 14.6 Å². The number of fused-ring (bicyclic) bond motifs is 2. The van der Waals surface area contributed by atoms with Crippen molar-refractivity contribution in [3.63, 3.8) is 0 Å². The Kier molecular flexibility index (Phi) is 4.12. The van der Waals surface area contributed by atoms with Crippen LogP contribution < -0.4 is 10.1 Å². The van der Waals surface area contributed by atoms with E-state index in [1.54, 1.807) is 6.07 Å². The molecule has 4 nitrogen and oxygen atoms in total. The van der Waals surface area contributed by atoms with Gasteiger partial charge in [-0.1, -0.05) is 23.4 Å². The van der Waals surface area contributed by atoms with Crippen molar-refractivity contribution in [3.05, 3.63) is 59.5 Å². The molecule has 1 saturated heterocycles. The summed E-state index contributed by atoms with van der Waals surface area (Å²) in [5, 5.41) is 8.53. The van der Waals surface area contributed by atoms with Crippen LogP contribution in [0, 0.1) is 5.82 Å². The molecule has 2 aliphatic rings. The molecule has 0 bridgehead atoms. The molecule has 1 atom stereocenters. The molecule has 27 heavy (non-hydrogen) atoms. The number of halogens is 1. The number of aryl methyl sites for hydroxylation is 1. The van der Waals surface area contributed by atoms with Crippen molar-refractivity contribution in [2.45, 2.75) is 43.6 Å². The Bertz CT molecular complexity index is 962. The van der Waals surface area contributed by atoms with Gasteiger partial charge in [0.2, 0.25) is 0 Å². The monoisotopic (exact) mass is 366 g/mol. The maximum Gasteiger partial charge on any atom is 0.170 e. The minimum Gasteiger partial charge on any atom is -0.486 e. The standard InChI is InChI=1S/C22H23FN2O2/c23-15-8-9-17-19(25-27-21(17)14-15)6-3-5-18-16-4-1-2-7-20(16)26-22(18)10-12-24-13-11-22/h1-2,4,7-9,14,18,24H,3,5-6,10-13H2. The van der Waals surface area contributed by atoms with Gasteiger partial charge in [-0.25, -0.2) is 4.39 Å². The van der Waals surface area contributed by atoms with Crippen molar-refractivity contribution in [2.24, 2.45) is 0 Å². The number of piperidine rings is 1. The Balaban J connectivity index is 1.35. The average Bonchev–Trinajstić information content (AvgIpc) is 3.21. The predicted molar refractivity (Wildman–Crippen MR) is 102 cm³/mol. The van der Waals surface area contributed by atoms with Crippen LogP contribution in [0.15, 0.2) is 47.0 Å². The number of hydrogen-bond donors (Lipinski definition) is 1. The minimum atomic E-state index is -0.294. The van der Waals surface area contributed by atoms with E-state index in [-0.39, 0.29) is 11.4 Å². The van der Waals surface area contributed by atoms with Gasteiger partial charge in [0.25, 0.3) is 0 Å². The van der Waals surface area contributed by atoms with Crippen molar-refractivity contribution in [1.82, 2.24) is 10.5 Å². The van der Waals surface area contributed by atoms with Crippen LogP contribution in [-0.2, 0) is 6.42 Å². The molecule has 1 unspecified atom stereocenters. The van der Waals surface area contributed by atoms with Crippen molar-refractivity contribution in [1.29, 1.82) is 0 Å². The third-order valence-corrected chi connectivity index (χ3v) is 6.11. The summed E-state index contributed by atoms with van der Waals surface area (Å²) in [5.41, 5.74) is 2.70. The molecular weight excluding hydrogens is 343 g/mol. The fourth-order valence-corrected chi connectivity index (χ4v) is 4.77. The third kappa shape index (κ3) is 2.90. The highest BCUT2D eigenvalue weighted by atomic mass is 19.1. The van der Waals surface area contributed by atoms with E-state index >= 15 is 0 Å². The van der Waals surface area contributed by atoms with Gasteiger partial charge in [-0.15, -0.1) is 0 Å². The highest BCUT2D eigenvalue weighted by Gasteiger charge is 2.48. The number of ether oxygens (including phenoxy) is 1. The summed E-state index contributed by atoms with van der Waals surface area (Å²) in [7, 11) is 0. The molecule has 3 heterocycles. The molecule has 0 aliphatic carbocycles. The van der Waals surface area contributed by atoms with Crippen LogP contribution in [0.2, 0.25) is 0 Å². The van der Waals surface area contributed by atoms with Crippen LogP contribution >= 0.6 is 0 Å². The van der Waals surface area contributed by atoms with E-state index in [2.05, 4.69) is 34.7 Å². The Morgan fingerprint density at radius 3 is 2.89 bits per heavy atom. The second-order valence-electron chi connectivity index (χ2n) is 7.67. The molecule has 0 radical (unpaired) electrons. The number of hydrogen-bond acceptors (Lipinski definition) is 4. The molecule has 1 N–H and O–H groups in total. The topological polar surface area (TPSA) is 47.3 Å². The van der Waals surface area contributed by atoms with E-state index in [4.69, 9.17) is 9.26 Å². The molecule has 140 valence electrons. The summed E-state index contributed by atoms with van der Waals surface area (Å²) in [6.45, 7) is 2.01. The quantitative estimate of drug-likeness (QED) is 0.734. The zero-order valence-corrected chi connectivity index (χ0v) is 15.2. The molecule has 2 aliphatic heterocycles. The van der Waals surface area contributed by atoms with E-state index in [1.165, 1.54) is 17.7 Å². The fraction of sp³-hybridized carbons (Fsp3) is 0.409. The predicted octanol–water partition coefficient (Wildman–Crippen LogP) is 4.59. The van der Waals surface area contributed by atoms with E-state index in [1.807, 2.05) is 0 Å². The molecule has 5 rings (SSSR count). The highest BCUT2D eigenvalue weighted by Crippen LogP contribution is 2.51. The first-order valence-corrected chi connectivity index (χ1v) is 9.78. The first-order valence-electron chi connectivity index (χ1n) is 9.78. The Hall–Kier alpha value is -2.40. The first kappa shape index (κ1) is 16.8. The van der Waals surface area contributed by atoms with Gasteiger partial charge in [-0.05, 0) is 50.6 Å². The summed E-state index contributed by atoms with van der Waals surface area (Å²) in [5.74, 6) is 1.16. The average molecular weight is 366 g/mol. The van der Waals surface area contributed by atoms with Crippen LogP contribution in [0.1, 0.15) is 42.9 Å². The second-order valence-corrected chi connectivity index (χ2v) is 7.67. The number of benzene rings is 2. The van der Waals surface area contributed by atoms with E-state index in [0.29, 0.717) is 11.5 Å². The van der Waals surface area contributed by atoms with Crippen LogP contribution in [0.5, 0.6) is 5.75 Å². The minimum absolute atomic E-state index is 0.0794. The largest absolute Gasteiger partial charge is 0.486 e. The van der Waals surface area contributed by atoms with Crippen LogP contribution in [0.4, 0.5) is 4.39 Å².